The highest BCUT2D eigenvalue weighted by Crippen LogP contribution is 2.18. The Morgan fingerprint density at radius 2 is 1.95 bits per heavy atom. The van der Waals surface area contributed by atoms with E-state index < -0.39 is 19.1 Å². The summed E-state index contributed by atoms with van der Waals surface area (Å²) in [5, 5.41) is 10.8. The molecule has 19 heavy (non-hydrogen) atoms. The molecule has 0 unspecified atom stereocenters. The van der Waals surface area contributed by atoms with E-state index >= 15 is 0 Å². The van der Waals surface area contributed by atoms with Crippen molar-refractivity contribution in [3.63, 3.8) is 0 Å². The number of alkyl halides is 2. The highest BCUT2D eigenvalue weighted by atomic mass is 19.3. The van der Waals surface area contributed by atoms with Gasteiger partial charge in [0.15, 0.2) is 0 Å². The van der Waals surface area contributed by atoms with Crippen LogP contribution in [0.1, 0.15) is 12.8 Å². The van der Waals surface area contributed by atoms with Crippen LogP contribution in [0.25, 0.3) is 0 Å². The second-order valence-electron chi connectivity index (χ2n) is 4.38. The Bertz CT molecular complexity index is 438. The summed E-state index contributed by atoms with van der Waals surface area (Å²) in [7, 11) is 0. The molecule has 1 fully saturated rings. The highest BCUT2D eigenvalue weighted by molar-refractivity contribution is 5.42. The van der Waals surface area contributed by atoms with Crippen molar-refractivity contribution in [1.29, 1.82) is 0 Å². The zero-order valence-electron chi connectivity index (χ0n) is 10.3. The number of aliphatic hydroxyl groups is 1. The van der Waals surface area contributed by atoms with Crippen LogP contribution >= 0.6 is 0 Å². The summed E-state index contributed by atoms with van der Waals surface area (Å²) >= 11 is 0. The van der Waals surface area contributed by atoms with Crippen LogP contribution in [0.15, 0.2) is 0 Å². The van der Waals surface area contributed by atoms with Gasteiger partial charge in [-0.25, -0.2) is 8.78 Å². The van der Waals surface area contributed by atoms with E-state index in [1.807, 2.05) is 4.90 Å². The van der Waals surface area contributed by atoms with Gasteiger partial charge in [-0.05, 0) is 12.8 Å². The van der Waals surface area contributed by atoms with Gasteiger partial charge in [0, 0.05) is 13.1 Å². The van der Waals surface area contributed by atoms with Crippen molar-refractivity contribution in [2.75, 3.05) is 42.2 Å². The third-order valence-electron chi connectivity index (χ3n) is 2.77. The molecule has 2 heterocycles. The number of aromatic nitrogens is 3. The normalized spacial score (nSPS) is 15.8. The van der Waals surface area contributed by atoms with E-state index in [4.69, 9.17) is 10.8 Å². The third kappa shape index (κ3) is 3.60. The second-order valence-corrected chi connectivity index (χ2v) is 4.38. The number of nitrogens with one attached hydrogen (secondary N) is 1. The Morgan fingerprint density at radius 3 is 2.58 bits per heavy atom. The number of nitrogen functional groups attached to an aromatic ring is 1. The average molecular weight is 274 g/mol. The van der Waals surface area contributed by atoms with E-state index in [9.17, 15) is 8.78 Å². The Kier molecular flexibility index (Phi) is 3.93. The standard InChI is InChI=1S/C10H16F2N6O/c11-10(12,6-19)5-14-8-15-7(13)16-9(17-8)18-3-1-2-4-18/h19H,1-6H2,(H3,13,14,15,16,17). The number of hydrogen-bond donors (Lipinski definition) is 3. The molecule has 0 aliphatic carbocycles. The predicted octanol–water partition coefficient (Wildman–Crippen LogP) is 0.0935. The summed E-state index contributed by atoms with van der Waals surface area (Å²) < 4.78 is 25.8. The monoisotopic (exact) mass is 274 g/mol. The minimum Gasteiger partial charge on any atom is -0.390 e. The molecule has 1 aromatic heterocycles. The molecule has 0 atom stereocenters. The fraction of sp³-hybridized carbons (Fsp3) is 0.700. The first-order valence-electron chi connectivity index (χ1n) is 5.99. The van der Waals surface area contributed by atoms with Gasteiger partial charge in [0.1, 0.15) is 6.61 Å². The van der Waals surface area contributed by atoms with Crippen molar-refractivity contribution >= 4 is 17.8 Å². The molecule has 9 heteroatoms. The molecule has 7 nitrogen and oxygen atoms in total. The maximum absolute atomic E-state index is 12.9. The van der Waals surface area contributed by atoms with Crippen LogP contribution in [0, 0.1) is 0 Å². The molecule has 106 valence electrons. The van der Waals surface area contributed by atoms with Gasteiger partial charge in [0.2, 0.25) is 17.8 Å². The van der Waals surface area contributed by atoms with E-state index in [1.165, 1.54) is 0 Å². The average Bonchev–Trinajstić information content (AvgIpc) is 2.90. The maximum atomic E-state index is 12.9. The second kappa shape index (κ2) is 5.47. The first-order chi connectivity index (χ1) is 9.00. The SMILES string of the molecule is Nc1nc(NCC(F)(F)CO)nc(N2CCCC2)n1. The number of nitrogens with two attached hydrogens (primary N) is 1. The van der Waals surface area contributed by atoms with Gasteiger partial charge in [0.05, 0.1) is 6.54 Å². The molecule has 1 aliphatic heterocycles. The Morgan fingerprint density at radius 1 is 1.26 bits per heavy atom. The fourth-order valence-corrected chi connectivity index (χ4v) is 1.78. The molecule has 0 aromatic carbocycles. The molecule has 1 aliphatic rings. The van der Waals surface area contributed by atoms with Crippen LogP contribution in [0.3, 0.4) is 0 Å². The van der Waals surface area contributed by atoms with Crippen molar-refractivity contribution in [2.24, 2.45) is 0 Å². The molecule has 0 saturated carbocycles. The third-order valence-corrected chi connectivity index (χ3v) is 2.77. The van der Waals surface area contributed by atoms with Gasteiger partial charge in [0.25, 0.3) is 5.92 Å². The van der Waals surface area contributed by atoms with Gasteiger partial charge >= 0.3 is 0 Å². The van der Waals surface area contributed by atoms with Crippen LogP contribution in [-0.2, 0) is 0 Å². The van der Waals surface area contributed by atoms with E-state index in [-0.39, 0.29) is 11.9 Å². The lowest BCUT2D eigenvalue weighted by Gasteiger charge is -2.17. The van der Waals surface area contributed by atoms with E-state index in [0.717, 1.165) is 25.9 Å². The van der Waals surface area contributed by atoms with E-state index in [0.29, 0.717) is 5.95 Å². The molecule has 4 N–H and O–H groups in total. The summed E-state index contributed by atoms with van der Waals surface area (Å²) in [6.07, 6.45) is 2.08. The zero-order chi connectivity index (χ0) is 13.9. The summed E-state index contributed by atoms with van der Waals surface area (Å²) in [4.78, 5) is 13.7. The smallest absolute Gasteiger partial charge is 0.287 e. The van der Waals surface area contributed by atoms with E-state index in [1.54, 1.807) is 0 Å². The lowest BCUT2D eigenvalue weighted by atomic mass is 10.3. The summed E-state index contributed by atoms with van der Waals surface area (Å²) in [6, 6.07) is 0. The highest BCUT2D eigenvalue weighted by Gasteiger charge is 2.28. The first kappa shape index (κ1) is 13.7. The predicted molar refractivity (Wildman–Crippen MR) is 66.2 cm³/mol. The lowest BCUT2D eigenvalue weighted by molar-refractivity contribution is -0.0374. The first-order valence-corrected chi connectivity index (χ1v) is 5.99. The van der Waals surface area contributed by atoms with Crippen molar-refractivity contribution < 1.29 is 13.9 Å². The van der Waals surface area contributed by atoms with Crippen LogP contribution < -0.4 is 16.0 Å². The van der Waals surface area contributed by atoms with Crippen molar-refractivity contribution in [3.05, 3.63) is 0 Å². The minimum atomic E-state index is -3.23. The largest absolute Gasteiger partial charge is 0.390 e. The quantitative estimate of drug-likeness (QED) is 0.699. The van der Waals surface area contributed by atoms with Crippen molar-refractivity contribution in [2.45, 2.75) is 18.8 Å². The maximum Gasteiger partial charge on any atom is 0.287 e. The van der Waals surface area contributed by atoms with Gasteiger partial charge in [-0.2, -0.15) is 15.0 Å². The van der Waals surface area contributed by atoms with Crippen molar-refractivity contribution in [3.8, 4) is 0 Å². The van der Waals surface area contributed by atoms with Crippen LogP contribution in [0.4, 0.5) is 26.6 Å². The van der Waals surface area contributed by atoms with Gasteiger partial charge in [-0.1, -0.05) is 0 Å². The molecule has 0 radical (unpaired) electrons. The Labute approximate surface area is 108 Å². The van der Waals surface area contributed by atoms with Gasteiger partial charge < -0.3 is 21.1 Å². The summed E-state index contributed by atoms with van der Waals surface area (Å²) in [5.74, 6) is -2.87. The number of anilines is 3. The van der Waals surface area contributed by atoms with E-state index in [2.05, 4.69) is 20.3 Å². The Balaban J connectivity index is 2.08. The number of aliphatic hydroxyl groups excluding tert-OH is 1. The lowest BCUT2D eigenvalue weighted by Crippen LogP contribution is -2.32. The Hall–Kier alpha value is -1.77. The molecular formula is C10H16F2N6O. The molecule has 1 saturated heterocycles. The molecule has 2 rings (SSSR count). The molecular weight excluding hydrogens is 258 g/mol. The number of halogens is 2. The number of rotatable bonds is 5. The summed E-state index contributed by atoms with van der Waals surface area (Å²) in [6.45, 7) is -0.364. The van der Waals surface area contributed by atoms with Crippen LogP contribution in [0.5, 0.6) is 0 Å². The zero-order valence-corrected chi connectivity index (χ0v) is 10.3. The van der Waals surface area contributed by atoms with Crippen LogP contribution in [0.2, 0.25) is 0 Å². The molecule has 0 amide bonds. The number of nitrogens with zero attached hydrogens (tertiary/aromatic N) is 4. The minimum absolute atomic E-state index is 0.0116. The van der Waals surface area contributed by atoms with Crippen molar-refractivity contribution in [1.82, 2.24) is 15.0 Å². The van der Waals surface area contributed by atoms with Gasteiger partial charge in [-0.3, -0.25) is 0 Å². The molecule has 1 aromatic rings. The topological polar surface area (TPSA) is 100 Å². The molecule has 0 spiro atoms. The summed E-state index contributed by atoms with van der Waals surface area (Å²) in [5.41, 5.74) is 5.53. The van der Waals surface area contributed by atoms with Crippen LogP contribution in [-0.4, -0.2) is 52.2 Å². The fourth-order valence-electron chi connectivity index (χ4n) is 1.78. The van der Waals surface area contributed by atoms with Gasteiger partial charge in [-0.15, -0.1) is 0 Å². The number of hydrogen-bond acceptors (Lipinski definition) is 7. The molecule has 0 bridgehead atoms.